The minimum atomic E-state index is -0.519. The van der Waals surface area contributed by atoms with Crippen molar-refractivity contribution in [2.75, 3.05) is 0 Å². The smallest absolute Gasteiger partial charge is 0.435 e. The zero-order valence-corrected chi connectivity index (χ0v) is 33.0. The monoisotopic (exact) mass is 752 g/mol. The maximum absolute atomic E-state index is 11.7. The summed E-state index contributed by atoms with van der Waals surface area (Å²) in [5, 5.41) is 21.1. The molecule has 4 saturated carbocycles. The number of hydrogen-bond donors (Lipinski definition) is 2. The number of aromatic nitrogens is 8. The molecule has 0 bridgehead atoms. The lowest BCUT2D eigenvalue weighted by atomic mass is 10.2. The molecule has 4 aliphatic carbocycles. The van der Waals surface area contributed by atoms with Gasteiger partial charge in [0.1, 0.15) is 35.6 Å². The Bertz CT molecular complexity index is 1630. The first-order chi connectivity index (χ1) is 25.4. The molecule has 4 aromatic rings. The van der Waals surface area contributed by atoms with Gasteiger partial charge in [0.15, 0.2) is 0 Å². The highest BCUT2D eigenvalue weighted by molar-refractivity contribution is 5.70. The minimum Gasteiger partial charge on any atom is -0.474 e. The fraction of sp³-hybridized carbons (Fsp3) is 0.632. The van der Waals surface area contributed by atoms with Crippen molar-refractivity contribution in [3.8, 4) is 23.5 Å². The zero-order valence-electron chi connectivity index (χ0n) is 33.0. The highest BCUT2D eigenvalue weighted by atomic mass is 16.6. The molecule has 2 N–H and O–H groups in total. The van der Waals surface area contributed by atoms with E-state index >= 15 is 0 Å². The van der Waals surface area contributed by atoms with Gasteiger partial charge in [-0.2, -0.15) is 19.6 Å². The highest BCUT2D eigenvalue weighted by Gasteiger charge is 2.37. The van der Waals surface area contributed by atoms with Gasteiger partial charge in [-0.15, -0.1) is 10.2 Å². The number of carbonyl (C=O) groups excluding carboxylic acids is 2. The minimum absolute atomic E-state index is 0.247. The van der Waals surface area contributed by atoms with E-state index in [1.54, 1.807) is 36.9 Å². The number of nitrogens with one attached hydrogen (secondary N) is 2. The van der Waals surface area contributed by atoms with Crippen molar-refractivity contribution in [1.82, 2.24) is 40.0 Å². The van der Waals surface area contributed by atoms with Gasteiger partial charge in [-0.25, -0.2) is 19.8 Å². The van der Waals surface area contributed by atoms with E-state index in [-0.39, 0.29) is 12.2 Å². The predicted molar refractivity (Wildman–Crippen MR) is 198 cm³/mol. The largest absolute Gasteiger partial charge is 0.474 e. The van der Waals surface area contributed by atoms with Crippen LogP contribution >= 0.6 is 0 Å². The summed E-state index contributed by atoms with van der Waals surface area (Å²) in [5.74, 6) is 5.15. The van der Waals surface area contributed by atoms with Crippen LogP contribution in [0.5, 0.6) is 23.5 Å². The number of H-pyrrole nitrogens is 2. The van der Waals surface area contributed by atoms with E-state index in [0.717, 1.165) is 45.8 Å². The summed E-state index contributed by atoms with van der Waals surface area (Å²) < 4.78 is 34.7. The van der Waals surface area contributed by atoms with Gasteiger partial charge in [0, 0.05) is 36.7 Å². The molecule has 16 heteroatoms. The van der Waals surface area contributed by atoms with Gasteiger partial charge in [-0.05, 0) is 90.9 Å². The Morgan fingerprint density at radius 2 is 0.889 bits per heavy atom. The molecule has 0 aliphatic heterocycles. The Kier molecular flexibility index (Phi) is 12.6. The summed E-state index contributed by atoms with van der Waals surface area (Å²) in [6.07, 6.45) is 11.3. The van der Waals surface area contributed by atoms with Gasteiger partial charge in [0.2, 0.25) is 23.5 Å². The topological polar surface area (TPSA) is 183 Å². The fourth-order valence-corrected chi connectivity index (χ4v) is 4.62. The molecule has 0 aromatic carbocycles. The third-order valence-corrected chi connectivity index (χ3v) is 8.48. The highest BCUT2D eigenvalue weighted by Crippen LogP contribution is 2.35. The summed E-state index contributed by atoms with van der Waals surface area (Å²) in [5.41, 5.74) is -1.04. The molecule has 16 nitrogen and oxygen atoms in total. The van der Waals surface area contributed by atoms with Crippen LogP contribution in [0.15, 0.2) is 49.1 Å². The van der Waals surface area contributed by atoms with Gasteiger partial charge >= 0.3 is 12.2 Å². The summed E-state index contributed by atoms with van der Waals surface area (Å²) in [7, 11) is 0. The first kappa shape index (κ1) is 40.2. The Labute approximate surface area is 316 Å². The van der Waals surface area contributed by atoms with Gasteiger partial charge in [0.25, 0.3) is 0 Å². The number of rotatable bonds is 8. The lowest BCUT2D eigenvalue weighted by Gasteiger charge is -2.18. The number of nitrogens with zero attached hydrogens (tertiary/aromatic N) is 6. The molecule has 4 aliphatic rings. The third-order valence-electron chi connectivity index (χ3n) is 8.48. The number of aromatic amines is 2. The van der Waals surface area contributed by atoms with Crippen molar-refractivity contribution in [2.45, 2.75) is 131 Å². The van der Waals surface area contributed by atoms with E-state index in [1.807, 2.05) is 53.7 Å². The van der Waals surface area contributed by atoms with Crippen molar-refractivity contribution in [2.24, 2.45) is 23.7 Å². The van der Waals surface area contributed by atoms with Crippen LogP contribution < -0.4 is 18.9 Å². The lowest BCUT2D eigenvalue weighted by molar-refractivity contribution is 0.0501. The third kappa shape index (κ3) is 13.8. The van der Waals surface area contributed by atoms with Crippen molar-refractivity contribution in [3.63, 3.8) is 0 Å². The molecule has 0 amide bonds. The average Bonchev–Trinajstić information content (AvgIpc) is 3.94. The molecule has 8 rings (SSSR count). The molecule has 4 heterocycles. The molecule has 0 radical (unpaired) electrons. The molecule has 0 saturated heterocycles. The fourth-order valence-electron chi connectivity index (χ4n) is 4.62. The normalized spacial score (nSPS) is 25.8. The van der Waals surface area contributed by atoms with Crippen LogP contribution in [-0.2, 0) is 9.47 Å². The van der Waals surface area contributed by atoms with Crippen LogP contribution in [0.4, 0.5) is 9.59 Å². The predicted octanol–water partition coefficient (Wildman–Crippen LogP) is 7.30. The van der Waals surface area contributed by atoms with E-state index < -0.39 is 23.4 Å². The van der Waals surface area contributed by atoms with E-state index in [0.29, 0.717) is 35.8 Å². The molecule has 296 valence electrons. The first-order valence-corrected chi connectivity index (χ1v) is 18.7. The van der Waals surface area contributed by atoms with Crippen molar-refractivity contribution in [3.05, 3.63) is 49.1 Å². The molecular weight excluding hydrogens is 696 g/mol. The first-order valence-electron chi connectivity index (χ1n) is 18.7. The molecule has 4 aromatic heterocycles. The van der Waals surface area contributed by atoms with Crippen LogP contribution in [-0.4, -0.2) is 87.8 Å². The van der Waals surface area contributed by atoms with Crippen molar-refractivity contribution < 1.29 is 38.0 Å². The molecular formula is C38H56N8O8. The second-order valence-electron chi connectivity index (χ2n) is 16.5. The Morgan fingerprint density at radius 3 is 1.15 bits per heavy atom. The maximum Gasteiger partial charge on any atom is 0.435 e. The summed E-state index contributed by atoms with van der Waals surface area (Å²) in [6.45, 7) is 19.5. The Hall–Kier alpha value is -5.02. The van der Waals surface area contributed by atoms with E-state index in [2.05, 4.69) is 58.3 Å². The van der Waals surface area contributed by atoms with Gasteiger partial charge in [-0.1, -0.05) is 27.7 Å². The van der Waals surface area contributed by atoms with Gasteiger partial charge in [0.05, 0.1) is 12.4 Å². The van der Waals surface area contributed by atoms with Crippen LogP contribution in [0.2, 0.25) is 0 Å². The Balaban J connectivity index is 0.000000142. The molecule has 8 atom stereocenters. The second-order valence-corrected chi connectivity index (χ2v) is 16.5. The van der Waals surface area contributed by atoms with E-state index in [9.17, 15) is 9.59 Å². The maximum atomic E-state index is 11.7. The van der Waals surface area contributed by atoms with Gasteiger partial charge < -0.3 is 28.4 Å². The molecule has 0 unspecified atom stereocenters. The molecule has 4 fully saturated rings. The Morgan fingerprint density at radius 1 is 0.574 bits per heavy atom. The second kappa shape index (κ2) is 17.0. The average molecular weight is 753 g/mol. The number of carbonyl (C=O) groups is 2. The number of ether oxygens (including phenoxy) is 6. The van der Waals surface area contributed by atoms with Crippen LogP contribution in [0.3, 0.4) is 0 Å². The SMILES string of the molecule is C[C@@H]1C[C@@H]1Oc1ccn(C(=O)OC(C)(C)C)n1.C[C@@H]1C[C@@H]1Oc1ccn[nH]1.C[C@H]1C[C@H]1Oc1ccn(C(=O)OC(C)(C)C)n1.C[C@H]1C[C@H]1Oc1ccn[nH]1. The van der Waals surface area contributed by atoms with Crippen molar-refractivity contribution >= 4 is 12.2 Å². The standard InChI is InChI=1S/2C12H18N2O3.2C7H10N2O/c2*1-8-7-9(8)16-10-5-6-14(13-10)11(15)17-12(2,3)4;2*1-5-4-6(5)10-7-2-3-8-9-7/h2*5-6,8-9H,7H2,1-4H3;2*2-3,5-6H,4H2,1H3,(H,8,9)/t2*8-,9+;2*5-,6+/m1010/s1. The van der Waals surface area contributed by atoms with E-state index in [4.69, 9.17) is 28.4 Å². The van der Waals surface area contributed by atoms with Crippen LogP contribution in [0.25, 0.3) is 0 Å². The summed E-state index contributed by atoms with van der Waals surface area (Å²) in [6, 6.07) is 7.03. The summed E-state index contributed by atoms with van der Waals surface area (Å²) >= 11 is 0. The molecule has 0 spiro atoms. The van der Waals surface area contributed by atoms with Gasteiger partial charge in [-0.3, -0.25) is 0 Å². The molecule has 54 heavy (non-hydrogen) atoms. The quantitative estimate of drug-likeness (QED) is 0.183. The number of hydrogen-bond acceptors (Lipinski definition) is 12. The van der Waals surface area contributed by atoms with Crippen LogP contribution in [0, 0.1) is 23.7 Å². The lowest BCUT2D eigenvalue weighted by Crippen LogP contribution is -2.27. The van der Waals surface area contributed by atoms with Crippen molar-refractivity contribution in [1.29, 1.82) is 0 Å². The van der Waals surface area contributed by atoms with Crippen LogP contribution in [0.1, 0.15) is 94.9 Å². The zero-order chi connectivity index (χ0) is 39.2. The van der Waals surface area contributed by atoms with E-state index in [1.165, 1.54) is 12.8 Å². The summed E-state index contributed by atoms with van der Waals surface area (Å²) in [4.78, 5) is 23.3.